The lowest BCUT2D eigenvalue weighted by Crippen LogP contribution is -2.22. The highest BCUT2D eigenvalue weighted by atomic mass is 35.5. The van der Waals surface area contributed by atoms with Crippen molar-refractivity contribution in [2.45, 2.75) is 6.54 Å². The summed E-state index contributed by atoms with van der Waals surface area (Å²) in [5.41, 5.74) is 1.16. The van der Waals surface area contributed by atoms with E-state index in [1.165, 1.54) is 0 Å². The molecule has 3 rings (SSSR count). The van der Waals surface area contributed by atoms with Crippen LogP contribution in [0.2, 0.25) is 10.0 Å². The first kappa shape index (κ1) is 18.0. The Morgan fingerprint density at radius 3 is 2.04 bits per heavy atom. The van der Waals surface area contributed by atoms with Gasteiger partial charge in [-0.3, -0.25) is 9.59 Å². The molecule has 7 heteroatoms. The van der Waals surface area contributed by atoms with E-state index in [0.717, 1.165) is 0 Å². The van der Waals surface area contributed by atoms with Crippen LogP contribution in [0.3, 0.4) is 0 Å². The second-order valence-corrected chi connectivity index (χ2v) is 6.20. The Bertz CT molecular complexity index is 902. The highest BCUT2D eigenvalue weighted by Gasteiger charge is 2.13. The number of amides is 2. The molecule has 2 amide bonds. The van der Waals surface area contributed by atoms with Gasteiger partial charge in [0.2, 0.25) is 0 Å². The number of hydrogen-bond acceptors (Lipinski definition) is 3. The summed E-state index contributed by atoms with van der Waals surface area (Å²) >= 11 is 12.1. The normalized spacial score (nSPS) is 10.4. The van der Waals surface area contributed by atoms with Crippen molar-refractivity contribution in [1.29, 1.82) is 0 Å². The predicted octanol–water partition coefficient (Wildman–Crippen LogP) is 4.77. The summed E-state index contributed by atoms with van der Waals surface area (Å²) in [7, 11) is 0. The van der Waals surface area contributed by atoms with Crippen LogP contribution in [0.4, 0.5) is 5.69 Å². The van der Waals surface area contributed by atoms with Crippen molar-refractivity contribution in [2.24, 2.45) is 0 Å². The van der Waals surface area contributed by atoms with Crippen molar-refractivity contribution < 1.29 is 14.0 Å². The Kier molecular flexibility index (Phi) is 5.61. The molecule has 2 aromatic carbocycles. The maximum atomic E-state index is 12.3. The molecule has 0 aliphatic rings. The van der Waals surface area contributed by atoms with E-state index in [-0.39, 0.29) is 11.8 Å². The Morgan fingerprint density at radius 1 is 0.846 bits per heavy atom. The second-order valence-electron chi connectivity index (χ2n) is 5.39. The topological polar surface area (TPSA) is 71.3 Å². The molecule has 0 radical (unpaired) electrons. The minimum absolute atomic E-state index is 0.262. The van der Waals surface area contributed by atoms with Crippen molar-refractivity contribution in [3.8, 4) is 0 Å². The van der Waals surface area contributed by atoms with Crippen LogP contribution in [0.5, 0.6) is 0 Å². The van der Waals surface area contributed by atoms with Gasteiger partial charge in [-0.15, -0.1) is 0 Å². The molecule has 0 fully saturated rings. The minimum atomic E-state index is -0.373. The molecule has 132 valence electrons. The fraction of sp³-hybridized carbons (Fsp3) is 0.0526. The molecule has 0 aliphatic carbocycles. The monoisotopic (exact) mass is 388 g/mol. The number of furan rings is 1. The van der Waals surface area contributed by atoms with Gasteiger partial charge in [-0.2, -0.15) is 0 Å². The maximum Gasteiger partial charge on any atom is 0.255 e. The zero-order chi connectivity index (χ0) is 18.5. The van der Waals surface area contributed by atoms with Gasteiger partial charge in [-0.25, -0.2) is 0 Å². The standard InChI is InChI=1S/C19H14Cl2N2O3/c20-15-4-1-5-16(21)17(15)23-19(25)13-8-6-12(7-9-13)18(24)22-11-14-3-2-10-26-14/h1-10H,11H2,(H,22,24)(H,23,25). The molecular weight excluding hydrogens is 375 g/mol. The van der Waals surface area contributed by atoms with E-state index in [9.17, 15) is 9.59 Å². The summed E-state index contributed by atoms with van der Waals surface area (Å²) in [5, 5.41) is 6.10. The lowest BCUT2D eigenvalue weighted by molar-refractivity contribution is 0.0946. The number of carbonyl (C=O) groups excluding carboxylic acids is 2. The largest absolute Gasteiger partial charge is 0.467 e. The van der Waals surface area contributed by atoms with E-state index < -0.39 is 0 Å². The van der Waals surface area contributed by atoms with E-state index >= 15 is 0 Å². The van der Waals surface area contributed by atoms with Crippen LogP contribution < -0.4 is 10.6 Å². The number of halogens is 2. The minimum Gasteiger partial charge on any atom is -0.467 e. The lowest BCUT2D eigenvalue weighted by atomic mass is 10.1. The fourth-order valence-corrected chi connectivity index (χ4v) is 2.75. The molecular formula is C19H14Cl2N2O3. The van der Waals surface area contributed by atoms with Gasteiger partial charge in [0.05, 0.1) is 28.5 Å². The third-order valence-electron chi connectivity index (χ3n) is 3.61. The molecule has 1 heterocycles. The molecule has 5 nitrogen and oxygen atoms in total. The smallest absolute Gasteiger partial charge is 0.255 e. The summed E-state index contributed by atoms with van der Waals surface area (Å²) in [6, 6.07) is 14.7. The molecule has 0 saturated heterocycles. The predicted molar refractivity (Wildman–Crippen MR) is 101 cm³/mol. The zero-order valence-corrected chi connectivity index (χ0v) is 15.0. The molecule has 26 heavy (non-hydrogen) atoms. The average molecular weight is 389 g/mol. The molecule has 2 N–H and O–H groups in total. The molecule has 1 aromatic heterocycles. The van der Waals surface area contributed by atoms with Crippen LogP contribution in [0.25, 0.3) is 0 Å². The van der Waals surface area contributed by atoms with Gasteiger partial charge >= 0.3 is 0 Å². The van der Waals surface area contributed by atoms with Crippen LogP contribution >= 0.6 is 23.2 Å². The summed E-state index contributed by atoms with van der Waals surface area (Å²) in [5.74, 6) is 0.0241. The summed E-state index contributed by atoms with van der Waals surface area (Å²) in [6.07, 6.45) is 1.54. The third-order valence-corrected chi connectivity index (χ3v) is 4.24. The molecule has 0 aliphatic heterocycles. The number of nitrogens with one attached hydrogen (secondary N) is 2. The third kappa shape index (κ3) is 4.25. The van der Waals surface area contributed by atoms with Crippen LogP contribution in [0.1, 0.15) is 26.5 Å². The maximum absolute atomic E-state index is 12.3. The molecule has 0 atom stereocenters. The molecule has 0 spiro atoms. The van der Waals surface area contributed by atoms with Gasteiger partial charge in [0.1, 0.15) is 5.76 Å². The van der Waals surface area contributed by atoms with Crippen LogP contribution in [0, 0.1) is 0 Å². The highest BCUT2D eigenvalue weighted by Crippen LogP contribution is 2.30. The average Bonchev–Trinajstić information content (AvgIpc) is 3.16. The Balaban J connectivity index is 1.65. The van der Waals surface area contributed by atoms with E-state index in [2.05, 4.69) is 10.6 Å². The Labute approximate surface area is 159 Å². The summed E-state index contributed by atoms with van der Waals surface area (Å²) in [4.78, 5) is 24.5. The number of benzene rings is 2. The van der Waals surface area contributed by atoms with E-state index in [1.54, 1.807) is 60.9 Å². The highest BCUT2D eigenvalue weighted by molar-refractivity contribution is 6.40. The van der Waals surface area contributed by atoms with Gasteiger partial charge in [-0.05, 0) is 48.5 Å². The summed E-state index contributed by atoms with van der Waals surface area (Å²) in [6.45, 7) is 0.291. The number of para-hydroxylation sites is 1. The van der Waals surface area contributed by atoms with Gasteiger partial charge < -0.3 is 15.1 Å². The molecule has 0 saturated carbocycles. The number of anilines is 1. The van der Waals surface area contributed by atoms with E-state index in [4.69, 9.17) is 27.6 Å². The lowest BCUT2D eigenvalue weighted by Gasteiger charge is -2.09. The Hall–Kier alpha value is -2.76. The first-order chi connectivity index (χ1) is 12.5. The van der Waals surface area contributed by atoms with Crippen molar-refractivity contribution in [3.63, 3.8) is 0 Å². The summed E-state index contributed by atoms with van der Waals surface area (Å²) < 4.78 is 5.16. The van der Waals surface area contributed by atoms with E-state index in [1.807, 2.05) is 0 Å². The fourth-order valence-electron chi connectivity index (χ4n) is 2.26. The van der Waals surface area contributed by atoms with Crippen molar-refractivity contribution in [3.05, 3.63) is 87.8 Å². The number of hydrogen-bond donors (Lipinski definition) is 2. The first-order valence-corrected chi connectivity index (χ1v) is 8.46. The molecule has 0 bridgehead atoms. The van der Waals surface area contributed by atoms with Gasteiger partial charge in [0, 0.05) is 11.1 Å². The number of carbonyl (C=O) groups is 2. The van der Waals surface area contributed by atoms with Gasteiger partial charge in [0.25, 0.3) is 11.8 Å². The first-order valence-electron chi connectivity index (χ1n) is 7.70. The van der Waals surface area contributed by atoms with Gasteiger partial charge in [-0.1, -0.05) is 29.3 Å². The van der Waals surface area contributed by atoms with Crippen LogP contribution in [-0.2, 0) is 6.54 Å². The van der Waals surface area contributed by atoms with Crippen LogP contribution in [-0.4, -0.2) is 11.8 Å². The zero-order valence-electron chi connectivity index (χ0n) is 13.5. The van der Waals surface area contributed by atoms with Crippen molar-refractivity contribution >= 4 is 40.7 Å². The molecule has 0 unspecified atom stereocenters. The number of rotatable bonds is 5. The Morgan fingerprint density at radius 2 is 1.46 bits per heavy atom. The van der Waals surface area contributed by atoms with Gasteiger partial charge in [0.15, 0.2) is 0 Å². The second kappa shape index (κ2) is 8.08. The SMILES string of the molecule is O=C(NCc1ccco1)c1ccc(C(=O)Nc2c(Cl)cccc2Cl)cc1. The van der Waals surface area contributed by atoms with Crippen molar-refractivity contribution in [2.75, 3.05) is 5.32 Å². The van der Waals surface area contributed by atoms with Crippen molar-refractivity contribution in [1.82, 2.24) is 5.32 Å². The van der Waals surface area contributed by atoms with Crippen LogP contribution in [0.15, 0.2) is 65.3 Å². The van der Waals surface area contributed by atoms with E-state index in [0.29, 0.717) is 39.2 Å². The molecule has 3 aromatic rings. The quantitative estimate of drug-likeness (QED) is 0.661.